The Morgan fingerprint density at radius 1 is 1.64 bits per heavy atom. The summed E-state index contributed by atoms with van der Waals surface area (Å²) < 4.78 is 3.90. The van der Waals surface area contributed by atoms with Crippen molar-refractivity contribution in [2.75, 3.05) is 5.73 Å². The smallest absolute Gasteiger partial charge is 0.225 e. The third kappa shape index (κ3) is 1.31. The van der Waals surface area contributed by atoms with Crippen LogP contribution in [0.3, 0.4) is 0 Å². The van der Waals surface area contributed by atoms with Gasteiger partial charge in [0.15, 0.2) is 0 Å². The van der Waals surface area contributed by atoms with Gasteiger partial charge >= 0.3 is 0 Å². The molecule has 2 aromatic heterocycles. The highest BCUT2D eigenvalue weighted by Crippen LogP contribution is 2.10. The van der Waals surface area contributed by atoms with Crippen LogP contribution in [0.4, 0.5) is 5.95 Å². The van der Waals surface area contributed by atoms with E-state index >= 15 is 0 Å². The highest BCUT2D eigenvalue weighted by atomic mass is 32.1. The van der Waals surface area contributed by atoms with Crippen molar-refractivity contribution in [3.8, 4) is 5.69 Å². The summed E-state index contributed by atoms with van der Waals surface area (Å²) in [6.45, 7) is 2.82. The van der Waals surface area contributed by atoms with E-state index in [4.69, 9.17) is 18.0 Å². The Morgan fingerprint density at radius 3 is 2.93 bits per heavy atom. The number of aryl methyl sites for hydroxylation is 1. The third-order valence-electron chi connectivity index (χ3n) is 1.90. The molecule has 0 aliphatic rings. The van der Waals surface area contributed by atoms with Gasteiger partial charge in [-0.1, -0.05) is 0 Å². The maximum absolute atomic E-state index is 5.64. The van der Waals surface area contributed by atoms with Gasteiger partial charge in [0.25, 0.3) is 0 Å². The number of H-pyrrole nitrogens is 1. The fourth-order valence-corrected chi connectivity index (χ4v) is 1.44. The Morgan fingerprint density at radius 2 is 2.43 bits per heavy atom. The van der Waals surface area contributed by atoms with Crippen LogP contribution < -0.4 is 5.73 Å². The molecule has 0 spiro atoms. The Bertz CT molecular complexity index is 492. The number of aromatic amines is 1. The lowest BCUT2D eigenvalue weighted by atomic mass is 10.5. The van der Waals surface area contributed by atoms with Crippen molar-refractivity contribution in [2.24, 2.45) is 0 Å². The number of nitrogen functional groups attached to an aromatic ring is 1. The number of anilines is 1. The second-order valence-electron chi connectivity index (χ2n) is 2.78. The van der Waals surface area contributed by atoms with E-state index in [0.29, 0.717) is 10.7 Å². The lowest BCUT2D eigenvalue weighted by Gasteiger charge is -1.97. The molecule has 74 valence electrons. The average Bonchev–Trinajstić information content (AvgIpc) is 2.73. The molecule has 0 atom stereocenters. The van der Waals surface area contributed by atoms with E-state index in [0.717, 1.165) is 12.2 Å². The summed E-state index contributed by atoms with van der Waals surface area (Å²) in [5.74, 6) is 0.339. The van der Waals surface area contributed by atoms with E-state index in [2.05, 4.69) is 15.3 Å². The second kappa shape index (κ2) is 3.26. The standard InChI is InChI=1S/C7H10N6S/c1-2-12-4-5(3-9-12)13-6(8)10-11-7(13)14/h3-4H,2H2,1H3,(H2,8,10)(H,11,14). The van der Waals surface area contributed by atoms with Gasteiger partial charge in [0.05, 0.1) is 11.9 Å². The number of aromatic nitrogens is 5. The van der Waals surface area contributed by atoms with Crippen LogP contribution in [0, 0.1) is 4.77 Å². The maximum Gasteiger partial charge on any atom is 0.225 e. The Balaban J connectivity index is 2.54. The van der Waals surface area contributed by atoms with Gasteiger partial charge in [-0.05, 0) is 19.1 Å². The number of nitrogens with zero attached hydrogens (tertiary/aromatic N) is 4. The molecule has 0 fully saturated rings. The minimum Gasteiger partial charge on any atom is -0.368 e. The average molecular weight is 210 g/mol. The first-order valence-electron chi connectivity index (χ1n) is 4.18. The van der Waals surface area contributed by atoms with Gasteiger partial charge in [0, 0.05) is 12.7 Å². The Kier molecular flexibility index (Phi) is 2.08. The first kappa shape index (κ1) is 8.95. The summed E-state index contributed by atoms with van der Waals surface area (Å²) in [6, 6.07) is 0. The molecule has 14 heavy (non-hydrogen) atoms. The van der Waals surface area contributed by atoms with Crippen LogP contribution in [0.1, 0.15) is 6.92 Å². The predicted octanol–water partition coefficient (Wildman–Crippen LogP) is 0.728. The minimum atomic E-state index is 0.339. The molecular weight excluding hydrogens is 200 g/mol. The number of hydrogen-bond acceptors (Lipinski definition) is 4. The predicted molar refractivity (Wildman–Crippen MR) is 54.6 cm³/mol. The van der Waals surface area contributed by atoms with Crippen molar-refractivity contribution in [2.45, 2.75) is 13.5 Å². The summed E-state index contributed by atoms with van der Waals surface area (Å²) >= 11 is 5.03. The minimum absolute atomic E-state index is 0.339. The van der Waals surface area contributed by atoms with Crippen LogP contribution in [0.2, 0.25) is 0 Å². The van der Waals surface area contributed by atoms with Gasteiger partial charge in [0.2, 0.25) is 10.7 Å². The van der Waals surface area contributed by atoms with E-state index in [-0.39, 0.29) is 0 Å². The summed E-state index contributed by atoms with van der Waals surface area (Å²) in [6.07, 6.45) is 3.56. The van der Waals surface area contributed by atoms with Crippen LogP contribution in [0.5, 0.6) is 0 Å². The quantitative estimate of drug-likeness (QED) is 0.716. The molecule has 2 heterocycles. The lowest BCUT2D eigenvalue weighted by molar-refractivity contribution is 0.659. The highest BCUT2D eigenvalue weighted by molar-refractivity contribution is 7.71. The van der Waals surface area contributed by atoms with Crippen LogP contribution >= 0.6 is 12.2 Å². The normalized spacial score (nSPS) is 10.6. The molecule has 0 bridgehead atoms. The molecule has 0 radical (unpaired) electrons. The van der Waals surface area contributed by atoms with Crippen molar-refractivity contribution in [1.82, 2.24) is 24.5 Å². The molecule has 0 amide bonds. The molecule has 0 aliphatic carbocycles. The zero-order chi connectivity index (χ0) is 10.1. The number of nitrogens with one attached hydrogen (secondary N) is 1. The molecule has 3 N–H and O–H groups in total. The van der Waals surface area contributed by atoms with E-state index in [1.54, 1.807) is 15.4 Å². The molecule has 0 aliphatic heterocycles. The molecule has 0 unspecified atom stereocenters. The van der Waals surface area contributed by atoms with Crippen molar-refractivity contribution in [3.63, 3.8) is 0 Å². The second-order valence-corrected chi connectivity index (χ2v) is 3.16. The van der Waals surface area contributed by atoms with Crippen molar-refractivity contribution in [1.29, 1.82) is 0 Å². The molecule has 0 aromatic carbocycles. The van der Waals surface area contributed by atoms with Crippen molar-refractivity contribution >= 4 is 18.2 Å². The van der Waals surface area contributed by atoms with E-state index < -0.39 is 0 Å². The number of rotatable bonds is 2. The van der Waals surface area contributed by atoms with Crippen LogP contribution in [-0.2, 0) is 6.54 Å². The first-order valence-corrected chi connectivity index (χ1v) is 4.59. The van der Waals surface area contributed by atoms with Gasteiger partial charge in [0.1, 0.15) is 0 Å². The van der Waals surface area contributed by atoms with Crippen molar-refractivity contribution in [3.05, 3.63) is 17.2 Å². The van der Waals surface area contributed by atoms with E-state index in [1.165, 1.54) is 0 Å². The molecule has 0 saturated heterocycles. The summed E-state index contributed by atoms with van der Waals surface area (Å²) in [5.41, 5.74) is 6.46. The highest BCUT2D eigenvalue weighted by Gasteiger charge is 2.06. The first-order chi connectivity index (χ1) is 6.72. The van der Waals surface area contributed by atoms with Crippen LogP contribution in [-0.4, -0.2) is 24.5 Å². The van der Waals surface area contributed by atoms with E-state index in [9.17, 15) is 0 Å². The molecule has 0 saturated carbocycles. The fourth-order valence-electron chi connectivity index (χ4n) is 1.20. The molecule has 2 aromatic rings. The monoisotopic (exact) mass is 210 g/mol. The molecule has 2 rings (SSSR count). The topological polar surface area (TPSA) is 77.5 Å². The lowest BCUT2D eigenvalue weighted by Crippen LogP contribution is -1.99. The fraction of sp³-hybridized carbons (Fsp3) is 0.286. The van der Waals surface area contributed by atoms with E-state index in [1.807, 2.05) is 13.1 Å². The SMILES string of the molecule is CCn1cc(-n2c(N)n[nH]c2=S)cn1. The summed E-state index contributed by atoms with van der Waals surface area (Å²) in [5, 5.41) is 10.6. The number of hydrogen-bond donors (Lipinski definition) is 2. The van der Waals surface area contributed by atoms with Crippen LogP contribution in [0.25, 0.3) is 5.69 Å². The van der Waals surface area contributed by atoms with Gasteiger partial charge < -0.3 is 5.73 Å². The number of nitrogens with two attached hydrogens (primary N) is 1. The van der Waals surface area contributed by atoms with Crippen molar-refractivity contribution < 1.29 is 0 Å². The van der Waals surface area contributed by atoms with Gasteiger partial charge in [-0.15, -0.1) is 5.10 Å². The largest absolute Gasteiger partial charge is 0.368 e. The zero-order valence-electron chi connectivity index (χ0n) is 7.64. The van der Waals surface area contributed by atoms with Gasteiger partial charge in [-0.2, -0.15) is 5.10 Å². The zero-order valence-corrected chi connectivity index (χ0v) is 8.45. The Labute approximate surface area is 85.4 Å². The summed E-state index contributed by atoms with van der Waals surface area (Å²) in [4.78, 5) is 0. The summed E-state index contributed by atoms with van der Waals surface area (Å²) in [7, 11) is 0. The maximum atomic E-state index is 5.64. The molecule has 6 nitrogen and oxygen atoms in total. The third-order valence-corrected chi connectivity index (χ3v) is 2.17. The molecular formula is C7H10N6S. The Hall–Kier alpha value is -1.63. The van der Waals surface area contributed by atoms with Gasteiger partial charge in [-0.3, -0.25) is 9.25 Å². The van der Waals surface area contributed by atoms with Crippen LogP contribution in [0.15, 0.2) is 12.4 Å². The van der Waals surface area contributed by atoms with Gasteiger partial charge in [-0.25, -0.2) is 5.10 Å². The molecule has 7 heteroatoms.